The molecule has 0 saturated heterocycles. The molecule has 0 radical (unpaired) electrons. The van der Waals surface area contributed by atoms with Crippen molar-refractivity contribution in [3.63, 3.8) is 0 Å². The number of aliphatic hydroxyl groups is 1. The first-order chi connectivity index (χ1) is 4.74. The van der Waals surface area contributed by atoms with Crippen LogP contribution in [0.2, 0.25) is 0 Å². The number of ether oxygens (including phenoxy) is 1. The Morgan fingerprint density at radius 3 is 3.10 bits per heavy atom. The molecule has 2 N–H and O–H groups in total. The molecule has 1 unspecified atom stereocenters. The second-order valence-electron chi connectivity index (χ2n) is 1.82. The minimum absolute atomic E-state index is 0.160. The van der Waals surface area contributed by atoms with E-state index in [0.717, 1.165) is 6.26 Å². The maximum atomic E-state index is 10.1. The van der Waals surface area contributed by atoms with Gasteiger partial charge in [-0.05, 0) is 6.58 Å². The Morgan fingerprint density at radius 2 is 2.60 bits per heavy atom. The molecule has 0 fully saturated rings. The highest BCUT2D eigenvalue weighted by atomic mass is 16.5. The SMILES string of the molecule is C=C1NC(O)C(C=O)=CO1. The van der Waals surface area contributed by atoms with Crippen molar-refractivity contribution in [1.82, 2.24) is 5.32 Å². The zero-order valence-corrected chi connectivity index (χ0v) is 5.20. The third kappa shape index (κ3) is 1.16. The van der Waals surface area contributed by atoms with Crippen molar-refractivity contribution < 1.29 is 14.6 Å². The van der Waals surface area contributed by atoms with Crippen LogP contribution in [-0.2, 0) is 9.53 Å². The first kappa shape index (κ1) is 6.82. The van der Waals surface area contributed by atoms with E-state index in [-0.39, 0.29) is 11.5 Å². The van der Waals surface area contributed by atoms with Crippen molar-refractivity contribution in [2.24, 2.45) is 0 Å². The summed E-state index contributed by atoms with van der Waals surface area (Å²) >= 11 is 0. The van der Waals surface area contributed by atoms with Crippen molar-refractivity contribution in [1.29, 1.82) is 0 Å². The summed E-state index contributed by atoms with van der Waals surface area (Å²) in [6.45, 7) is 3.38. The molecule has 1 aliphatic rings. The van der Waals surface area contributed by atoms with E-state index in [9.17, 15) is 4.79 Å². The summed E-state index contributed by atoms with van der Waals surface area (Å²) in [4.78, 5) is 10.1. The zero-order valence-electron chi connectivity index (χ0n) is 5.20. The fourth-order valence-electron chi connectivity index (χ4n) is 0.566. The third-order valence-corrected chi connectivity index (χ3v) is 1.09. The molecule has 10 heavy (non-hydrogen) atoms. The molecule has 1 atom stereocenters. The zero-order chi connectivity index (χ0) is 7.56. The lowest BCUT2D eigenvalue weighted by Crippen LogP contribution is -2.34. The number of carbonyl (C=O) groups is 1. The molecule has 54 valence electrons. The van der Waals surface area contributed by atoms with Gasteiger partial charge in [0.15, 0.2) is 18.4 Å². The van der Waals surface area contributed by atoms with Gasteiger partial charge in [-0.1, -0.05) is 0 Å². The van der Waals surface area contributed by atoms with Gasteiger partial charge in [-0.15, -0.1) is 0 Å². The molecule has 1 rings (SSSR count). The van der Waals surface area contributed by atoms with Gasteiger partial charge in [0.2, 0.25) is 0 Å². The molecule has 0 spiro atoms. The molecule has 4 nitrogen and oxygen atoms in total. The van der Waals surface area contributed by atoms with E-state index < -0.39 is 6.23 Å². The molecular weight excluding hydrogens is 134 g/mol. The highest BCUT2D eigenvalue weighted by Crippen LogP contribution is 2.06. The molecule has 0 saturated carbocycles. The molecule has 0 aromatic rings. The van der Waals surface area contributed by atoms with Crippen LogP contribution in [-0.4, -0.2) is 17.6 Å². The largest absolute Gasteiger partial charge is 0.449 e. The molecular formula is C6H7NO3. The molecule has 0 bridgehead atoms. The Balaban J connectivity index is 2.74. The van der Waals surface area contributed by atoms with Crippen molar-refractivity contribution >= 4 is 6.29 Å². The van der Waals surface area contributed by atoms with E-state index in [2.05, 4.69) is 11.9 Å². The Labute approximate surface area is 57.8 Å². The average Bonchev–Trinajstić information content (AvgIpc) is 1.88. The van der Waals surface area contributed by atoms with Gasteiger partial charge in [-0.3, -0.25) is 4.79 Å². The van der Waals surface area contributed by atoms with Gasteiger partial charge < -0.3 is 15.2 Å². The molecule has 1 heterocycles. The molecule has 0 aliphatic carbocycles. The van der Waals surface area contributed by atoms with E-state index in [0.29, 0.717) is 6.29 Å². The van der Waals surface area contributed by atoms with Gasteiger partial charge >= 0.3 is 0 Å². The van der Waals surface area contributed by atoms with Crippen LogP contribution in [0.15, 0.2) is 24.3 Å². The van der Waals surface area contributed by atoms with E-state index in [1.165, 1.54) is 0 Å². The Hall–Kier alpha value is -1.29. The first-order valence-electron chi connectivity index (χ1n) is 2.69. The fourth-order valence-corrected chi connectivity index (χ4v) is 0.566. The Bertz CT molecular complexity index is 197. The van der Waals surface area contributed by atoms with Gasteiger partial charge in [0.1, 0.15) is 6.26 Å². The predicted octanol–water partition coefficient (Wildman–Crippen LogP) is -0.521. The summed E-state index contributed by atoms with van der Waals surface area (Å²) in [6, 6.07) is 0. The third-order valence-electron chi connectivity index (χ3n) is 1.09. The van der Waals surface area contributed by atoms with E-state index in [1.807, 2.05) is 0 Å². The highest BCUT2D eigenvalue weighted by molar-refractivity contribution is 5.74. The summed E-state index contributed by atoms with van der Waals surface area (Å²) < 4.78 is 4.69. The number of nitrogens with one attached hydrogen (secondary N) is 1. The standard InChI is InChI=1S/C6H7NO3/c1-4-7-6(9)5(2-8)3-10-4/h2-3,6-7,9H,1H2. The number of aldehydes is 1. The molecule has 0 aromatic heterocycles. The minimum Gasteiger partial charge on any atom is -0.449 e. The van der Waals surface area contributed by atoms with Crippen LogP contribution in [0.5, 0.6) is 0 Å². The summed E-state index contributed by atoms with van der Waals surface area (Å²) in [6.07, 6.45) is 0.694. The van der Waals surface area contributed by atoms with Gasteiger partial charge in [0.05, 0.1) is 5.57 Å². The van der Waals surface area contributed by atoms with Crippen molar-refractivity contribution in [2.75, 3.05) is 0 Å². The average molecular weight is 141 g/mol. The maximum Gasteiger partial charge on any atom is 0.187 e. The Kier molecular flexibility index (Phi) is 1.73. The first-order valence-corrected chi connectivity index (χ1v) is 2.69. The van der Waals surface area contributed by atoms with Crippen LogP contribution in [0.1, 0.15) is 0 Å². The van der Waals surface area contributed by atoms with Gasteiger partial charge in [-0.2, -0.15) is 0 Å². The Morgan fingerprint density at radius 1 is 1.90 bits per heavy atom. The minimum atomic E-state index is -0.987. The van der Waals surface area contributed by atoms with Gasteiger partial charge in [0.25, 0.3) is 0 Å². The lowest BCUT2D eigenvalue weighted by Gasteiger charge is -2.19. The number of hydrogen-bond donors (Lipinski definition) is 2. The van der Waals surface area contributed by atoms with Crippen LogP contribution in [0.25, 0.3) is 0 Å². The van der Waals surface area contributed by atoms with Crippen molar-refractivity contribution in [2.45, 2.75) is 6.23 Å². The van der Waals surface area contributed by atoms with Crippen LogP contribution in [0, 0.1) is 0 Å². The molecule has 4 heteroatoms. The smallest absolute Gasteiger partial charge is 0.187 e. The van der Waals surface area contributed by atoms with Crippen LogP contribution in [0.4, 0.5) is 0 Å². The molecule has 0 aromatic carbocycles. The van der Waals surface area contributed by atoms with Crippen molar-refractivity contribution in [3.05, 3.63) is 24.3 Å². The second-order valence-corrected chi connectivity index (χ2v) is 1.82. The normalized spacial score (nSPS) is 24.3. The lowest BCUT2D eigenvalue weighted by atomic mass is 10.3. The quantitative estimate of drug-likeness (QED) is 0.482. The summed E-state index contributed by atoms with van der Waals surface area (Å²) in [7, 11) is 0. The topological polar surface area (TPSA) is 58.6 Å². The summed E-state index contributed by atoms with van der Waals surface area (Å²) in [5.74, 6) is 0.234. The van der Waals surface area contributed by atoms with Crippen molar-refractivity contribution in [3.8, 4) is 0 Å². The number of aliphatic hydroxyl groups excluding tert-OH is 1. The summed E-state index contributed by atoms with van der Waals surface area (Å²) in [5, 5.41) is 11.4. The highest BCUT2D eigenvalue weighted by Gasteiger charge is 2.15. The number of hydrogen-bond acceptors (Lipinski definition) is 4. The second kappa shape index (κ2) is 2.53. The van der Waals surface area contributed by atoms with E-state index in [1.54, 1.807) is 0 Å². The fraction of sp³-hybridized carbons (Fsp3) is 0.167. The van der Waals surface area contributed by atoms with Crippen LogP contribution < -0.4 is 5.32 Å². The predicted molar refractivity (Wildman–Crippen MR) is 33.5 cm³/mol. The maximum absolute atomic E-state index is 10.1. The monoisotopic (exact) mass is 141 g/mol. The number of rotatable bonds is 1. The number of carbonyl (C=O) groups excluding carboxylic acids is 1. The van der Waals surface area contributed by atoms with Crippen LogP contribution in [0.3, 0.4) is 0 Å². The van der Waals surface area contributed by atoms with Crippen LogP contribution >= 0.6 is 0 Å². The van der Waals surface area contributed by atoms with Gasteiger partial charge in [-0.25, -0.2) is 0 Å². The summed E-state index contributed by atoms with van der Waals surface area (Å²) in [5.41, 5.74) is 0.160. The molecule has 1 aliphatic heterocycles. The van der Waals surface area contributed by atoms with E-state index >= 15 is 0 Å². The lowest BCUT2D eigenvalue weighted by molar-refractivity contribution is -0.106. The molecule has 0 amide bonds. The van der Waals surface area contributed by atoms with Gasteiger partial charge in [0, 0.05) is 0 Å². The van der Waals surface area contributed by atoms with E-state index in [4.69, 9.17) is 9.84 Å².